The van der Waals surface area contributed by atoms with Crippen molar-refractivity contribution in [3.05, 3.63) is 73.7 Å². The Labute approximate surface area is 242 Å². The van der Waals surface area contributed by atoms with Gasteiger partial charge in [0.2, 0.25) is 0 Å². The van der Waals surface area contributed by atoms with Crippen LogP contribution in [0.25, 0.3) is 6.08 Å². The highest BCUT2D eigenvalue weighted by Crippen LogP contribution is 2.41. The van der Waals surface area contributed by atoms with Gasteiger partial charge in [-0.05, 0) is 49.2 Å². The molecule has 1 amide bonds. The summed E-state index contributed by atoms with van der Waals surface area (Å²) in [6.07, 6.45) is -13.3. The number of rotatable bonds is 7. The van der Waals surface area contributed by atoms with Crippen LogP contribution in [0.15, 0.2) is 36.4 Å². The van der Waals surface area contributed by atoms with Crippen LogP contribution in [0.5, 0.6) is 0 Å². The Hall–Kier alpha value is -2.22. The van der Waals surface area contributed by atoms with Crippen molar-refractivity contribution in [3.8, 4) is 0 Å². The van der Waals surface area contributed by atoms with Crippen molar-refractivity contribution in [3.63, 3.8) is 0 Å². The molecule has 16 heteroatoms. The molecular weight excluding hydrogens is 642 g/mol. The number of hydrogen-bond donors (Lipinski definition) is 2. The minimum atomic E-state index is -5.13. The molecule has 0 heterocycles. The van der Waals surface area contributed by atoms with Crippen LogP contribution in [-0.2, 0) is 6.18 Å². The van der Waals surface area contributed by atoms with Gasteiger partial charge < -0.3 is 10.6 Å². The van der Waals surface area contributed by atoms with Gasteiger partial charge in [0.25, 0.3) is 5.91 Å². The lowest BCUT2D eigenvalue weighted by Gasteiger charge is -2.29. The summed E-state index contributed by atoms with van der Waals surface area (Å²) in [6.45, 7) is 0.814. The smallest absolute Gasteiger partial charge is 0.369 e. The van der Waals surface area contributed by atoms with Crippen LogP contribution in [0, 0.1) is 0 Å². The normalized spacial score (nSPS) is 13.8. The summed E-state index contributed by atoms with van der Waals surface area (Å²) >= 11 is 22.2. The highest BCUT2D eigenvalue weighted by molar-refractivity contribution is 7.80. The van der Waals surface area contributed by atoms with Crippen LogP contribution in [0.3, 0.4) is 0 Å². The van der Waals surface area contributed by atoms with Crippen LogP contribution in [0.2, 0.25) is 15.1 Å². The first kappa shape index (κ1) is 34.0. The van der Waals surface area contributed by atoms with Gasteiger partial charge in [0, 0.05) is 0 Å². The van der Waals surface area contributed by atoms with Crippen molar-refractivity contribution >= 4 is 64.0 Å². The summed E-state index contributed by atoms with van der Waals surface area (Å²) in [5.74, 6) is -3.66. The zero-order chi connectivity index (χ0) is 30.8. The Balaban J connectivity index is 2.42. The maximum Gasteiger partial charge on any atom is 0.417 e. The molecule has 0 saturated carbocycles. The van der Waals surface area contributed by atoms with E-state index in [4.69, 9.17) is 47.0 Å². The van der Waals surface area contributed by atoms with Gasteiger partial charge in [0.05, 0.1) is 37.7 Å². The summed E-state index contributed by atoms with van der Waals surface area (Å²) in [7, 11) is 0. The van der Waals surface area contributed by atoms with Crippen molar-refractivity contribution in [2.24, 2.45) is 0 Å². The van der Waals surface area contributed by atoms with Crippen LogP contribution in [0.4, 0.5) is 39.5 Å². The maximum atomic E-state index is 13.8. The standard InChI is InChI=1S/C24H18Cl3F9N2OS/c1-21(2,20(40)37-10-22(28,29)30)38-19(39)13-5-3-11(7-15(13)24(34,35)36)4-6-14(23(31,32)33)12-8-16(25)18(27)17(26)9-12/h3-9,14H,10H2,1-2H3,(H,37,40)(H,38,39)/b6-4+. The molecule has 2 aromatic carbocycles. The fourth-order valence-electron chi connectivity index (χ4n) is 3.28. The fourth-order valence-corrected chi connectivity index (χ4v) is 4.01. The third-order valence-corrected chi connectivity index (χ3v) is 7.09. The highest BCUT2D eigenvalue weighted by atomic mass is 35.5. The van der Waals surface area contributed by atoms with Gasteiger partial charge in [-0.2, -0.15) is 39.5 Å². The van der Waals surface area contributed by atoms with Crippen LogP contribution < -0.4 is 10.6 Å². The van der Waals surface area contributed by atoms with Crippen molar-refractivity contribution in [1.82, 2.24) is 10.6 Å². The van der Waals surface area contributed by atoms with Gasteiger partial charge in [-0.1, -0.05) is 65.2 Å². The van der Waals surface area contributed by atoms with E-state index >= 15 is 0 Å². The molecule has 2 rings (SSSR count). The van der Waals surface area contributed by atoms with E-state index < -0.39 is 64.1 Å². The number of carbonyl (C=O) groups is 1. The predicted molar refractivity (Wildman–Crippen MR) is 139 cm³/mol. The van der Waals surface area contributed by atoms with Crippen LogP contribution >= 0.6 is 47.0 Å². The second-order valence-electron chi connectivity index (χ2n) is 8.86. The van der Waals surface area contributed by atoms with Crippen molar-refractivity contribution in [1.29, 1.82) is 0 Å². The number of alkyl halides is 9. The Bertz CT molecular complexity index is 1280. The first-order valence-electron chi connectivity index (χ1n) is 10.8. The lowest BCUT2D eigenvalue weighted by molar-refractivity contribution is -0.139. The SMILES string of the molecule is CC(C)(NC(=O)c1ccc(/C=C/C(c2cc(Cl)c(Cl)c(Cl)c2)C(F)(F)F)cc1C(F)(F)F)C(=S)NCC(F)(F)F. The predicted octanol–water partition coefficient (Wildman–Crippen LogP) is 9.01. The number of halogens is 12. The summed E-state index contributed by atoms with van der Waals surface area (Å²) < 4.78 is 120. The molecule has 40 heavy (non-hydrogen) atoms. The molecule has 3 nitrogen and oxygen atoms in total. The van der Waals surface area contributed by atoms with E-state index in [1.54, 1.807) is 0 Å². The highest BCUT2D eigenvalue weighted by Gasteiger charge is 2.40. The third-order valence-electron chi connectivity index (χ3n) is 5.24. The van der Waals surface area contributed by atoms with Gasteiger partial charge in [0.15, 0.2) is 0 Å². The first-order chi connectivity index (χ1) is 18.0. The van der Waals surface area contributed by atoms with Gasteiger partial charge in [-0.15, -0.1) is 0 Å². The molecule has 0 fully saturated rings. The molecule has 220 valence electrons. The summed E-state index contributed by atoms with van der Waals surface area (Å²) in [4.78, 5) is 12.2. The van der Waals surface area contributed by atoms with E-state index in [1.165, 1.54) is 13.8 Å². The number of allylic oxidation sites excluding steroid dienone is 1. The minimum absolute atomic E-state index is 0.180. The molecule has 0 aliphatic carbocycles. The van der Waals surface area contributed by atoms with Crippen molar-refractivity contribution in [2.75, 3.05) is 6.54 Å². The summed E-state index contributed by atoms with van der Waals surface area (Å²) in [6, 6.07) is 3.97. The molecule has 1 unspecified atom stereocenters. The van der Waals surface area contributed by atoms with Crippen LogP contribution in [0.1, 0.15) is 46.8 Å². The Morgan fingerprint density at radius 2 is 1.50 bits per heavy atom. The molecule has 1 atom stereocenters. The monoisotopic (exact) mass is 658 g/mol. The van der Waals surface area contributed by atoms with Gasteiger partial charge in [-0.25, -0.2) is 0 Å². The van der Waals surface area contributed by atoms with Gasteiger partial charge in [-0.3, -0.25) is 4.79 Å². The zero-order valence-corrected chi connectivity index (χ0v) is 23.3. The largest absolute Gasteiger partial charge is 0.417 e. The Morgan fingerprint density at radius 3 is 1.98 bits per heavy atom. The molecule has 0 saturated heterocycles. The lowest BCUT2D eigenvalue weighted by atomic mass is 9.95. The first-order valence-corrected chi connectivity index (χ1v) is 12.4. The lowest BCUT2D eigenvalue weighted by Crippen LogP contribution is -2.55. The van der Waals surface area contributed by atoms with Crippen molar-refractivity contribution < 1.29 is 44.3 Å². The number of benzene rings is 2. The molecule has 2 N–H and O–H groups in total. The average molecular weight is 660 g/mol. The third kappa shape index (κ3) is 9.15. The molecular formula is C24H18Cl3F9N2OS. The number of thiocarbonyl (C=S) groups is 1. The van der Waals surface area contributed by atoms with E-state index in [2.05, 4.69) is 5.32 Å². The van der Waals surface area contributed by atoms with E-state index in [-0.39, 0.29) is 20.6 Å². The van der Waals surface area contributed by atoms with Gasteiger partial charge in [0.1, 0.15) is 11.5 Å². The molecule has 0 bridgehead atoms. The Morgan fingerprint density at radius 1 is 0.950 bits per heavy atom. The fraction of sp³-hybridized carbons (Fsp3) is 0.333. The molecule has 0 aliphatic rings. The maximum absolute atomic E-state index is 13.8. The second kappa shape index (κ2) is 12.3. The molecule has 0 spiro atoms. The minimum Gasteiger partial charge on any atom is -0.369 e. The van der Waals surface area contributed by atoms with Crippen molar-refractivity contribution in [2.45, 2.75) is 43.8 Å². The molecule has 0 aromatic heterocycles. The number of carbonyl (C=O) groups excluding carboxylic acids is 1. The average Bonchev–Trinajstić information content (AvgIpc) is 2.78. The van der Waals surface area contributed by atoms with Gasteiger partial charge >= 0.3 is 18.5 Å². The molecule has 2 aromatic rings. The summed E-state index contributed by atoms with van der Waals surface area (Å²) in [5.41, 5.74) is -4.89. The molecule has 0 radical (unpaired) electrons. The van der Waals surface area contributed by atoms with E-state index in [0.29, 0.717) is 12.1 Å². The van der Waals surface area contributed by atoms with Crippen LogP contribution in [-0.4, -0.2) is 35.3 Å². The van der Waals surface area contributed by atoms with E-state index in [0.717, 1.165) is 30.3 Å². The van der Waals surface area contributed by atoms with E-state index in [9.17, 15) is 44.3 Å². The zero-order valence-electron chi connectivity index (χ0n) is 20.2. The van der Waals surface area contributed by atoms with E-state index in [1.807, 2.05) is 5.32 Å². The molecule has 0 aliphatic heterocycles. The summed E-state index contributed by atoms with van der Waals surface area (Å²) in [5, 5.41) is 3.30. The number of hydrogen-bond acceptors (Lipinski definition) is 2. The quantitative estimate of drug-likeness (QED) is 0.177. The number of nitrogens with one attached hydrogen (secondary N) is 2. The Kier molecular flexibility index (Phi) is 10.5. The second-order valence-corrected chi connectivity index (χ2v) is 10.5. The topological polar surface area (TPSA) is 41.1 Å². The number of amides is 1.